The molecule has 1 nitrogen and oxygen atoms in total. The molecule has 0 aromatic rings. The Kier molecular flexibility index (Phi) is 1.91. The van der Waals surface area contributed by atoms with Gasteiger partial charge in [0.25, 0.3) is 12.6 Å². The van der Waals surface area contributed by atoms with Crippen LogP contribution >= 0.6 is 0 Å². The smallest absolute Gasteiger partial charge is 0.0837 e. The van der Waals surface area contributed by atoms with Crippen LogP contribution in [0.3, 0.4) is 0 Å². The minimum Gasteiger partial charge on any atom is -0.0837 e. The summed E-state index contributed by atoms with van der Waals surface area (Å²) < 4.78 is 0. The molecule has 0 aliphatic heterocycles. The van der Waals surface area contributed by atoms with Gasteiger partial charge in [-0.25, -0.2) is 0 Å². The van der Waals surface area contributed by atoms with Crippen LogP contribution in [0.1, 0.15) is 32.1 Å². The van der Waals surface area contributed by atoms with Crippen molar-refractivity contribution in [2.75, 3.05) is 0 Å². The maximum Gasteiger partial charge on any atom is 0.272 e. The van der Waals surface area contributed by atoms with E-state index in [0.29, 0.717) is 6.04 Å². The normalized spacial score (nSPS) is 22.4. The zero-order chi connectivity index (χ0) is 5.82. The second-order valence-corrected chi connectivity index (χ2v) is 2.44. The van der Waals surface area contributed by atoms with E-state index in [0.717, 1.165) is 0 Å². The second-order valence-electron chi connectivity index (χ2n) is 2.44. The number of hydrogen-bond donors (Lipinski definition) is 0. The molecule has 0 aromatic heterocycles. The van der Waals surface area contributed by atoms with E-state index >= 15 is 0 Å². The molecule has 8 heavy (non-hydrogen) atoms. The lowest BCUT2D eigenvalue weighted by Gasteiger charge is -2.06. The SMILES string of the molecule is C#[N+]C1CCCCC1. The Balaban J connectivity index is 2.25. The minimum absolute atomic E-state index is 0.490. The van der Waals surface area contributed by atoms with Crippen molar-refractivity contribution in [3.63, 3.8) is 0 Å². The van der Waals surface area contributed by atoms with Crippen molar-refractivity contribution >= 4 is 0 Å². The summed E-state index contributed by atoms with van der Waals surface area (Å²) in [4.78, 5) is 3.75. The van der Waals surface area contributed by atoms with E-state index in [1.54, 1.807) is 0 Å². The van der Waals surface area contributed by atoms with Gasteiger partial charge in [-0.1, -0.05) is 11.3 Å². The van der Waals surface area contributed by atoms with Crippen molar-refractivity contribution in [2.24, 2.45) is 0 Å². The molecular formula is C7H12N+. The third-order valence-electron chi connectivity index (χ3n) is 1.79. The molecule has 0 unspecified atom stereocenters. The monoisotopic (exact) mass is 110 g/mol. The molecule has 0 radical (unpaired) electrons. The lowest BCUT2D eigenvalue weighted by Crippen LogP contribution is -2.06. The topological polar surface area (TPSA) is 4.36 Å². The van der Waals surface area contributed by atoms with E-state index in [2.05, 4.69) is 4.85 Å². The Morgan fingerprint density at radius 2 is 1.75 bits per heavy atom. The highest BCUT2D eigenvalue weighted by Gasteiger charge is 2.18. The summed E-state index contributed by atoms with van der Waals surface area (Å²) in [5.74, 6) is 0. The van der Waals surface area contributed by atoms with Gasteiger partial charge in [-0.05, 0) is 12.8 Å². The molecule has 0 spiro atoms. The molecule has 0 atom stereocenters. The molecule has 0 bridgehead atoms. The lowest BCUT2D eigenvalue weighted by molar-refractivity contribution is 0.481. The van der Waals surface area contributed by atoms with Gasteiger partial charge in [-0.2, -0.15) is 0 Å². The molecule has 0 amide bonds. The van der Waals surface area contributed by atoms with Crippen LogP contribution < -0.4 is 0 Å². The molecule has 44 valence electrons. The van der Waals surface area contributed by atoms with Gasteiger partial charge in [0, 0.05) is 12.8 Å². The summed E-state index contributed by atoms with van der Waals surface area (Å²) >= 11 is 0. The Labute approximate surface area is 50.5 Å². The lowest BCUT2D eigenvalue weighted by atomic mass is 9.96. The third-order valence-corrected chi connectivity index (χ3v) is 1.79. The maximum atomic E-state index is 5.13. The summed E-state index contributed by atoms with van der Waals surface area (Å²) in [5.41, 5.74) is 0. The quantitative estimate of drug-likeness (QED) is 0.450. The molecule has 1 aliphatic carbocycles. The third kappa shape index (κ3) is 1.23. The average molecular weight is 110 g/mol. The van der Waals surface area contributed by atoms with Gasteiger partial charge >= 0.3 is 0 Å². The Morgan fingerprint density at radius 3 is 2.12 bits per heavy atom. The summed E-state index contributed by atoms with van der Waals surface area (Å²) in [6.45, 7) is 5.13. The highest BCUT2D eigenvalue weighted by atomic mass is 14.7. The van der Waals surface area contributed by atoms with Gasteiger partial charge in [-0.15, -0.1) is 0 Å². The van der Waals surface area contributed by atoms with Crippen molar-refractivity contribution in [2.45, 2.75) is 38.1 Å². The van der Waals surface area contributed by atoms with Gasteiger partial charge in [0.2, 0.25) is 0 Å². The first kappa shape index (κ1) is 5.62. The molecule has 0 saturated heterocycles. The minimum atomic E-state index is 0.490. The van der Waals surface area contributed by atoms with Crippen molar-refractivity contribution in [1.82, 2.24) is 0 Å². The van der Waals surface area contributed by atoms with Crippen LogP contribution in [-0.2, 0) is 0 Å². The molecule has 1 aliphatic rings. The number of nitrogens with zero attached hydrogens (tertiary/aromatic N) is 1. The fourth-order valence-corrected chi connectivity index (χ4v) is 1.23. The first-order valence-corrected chi connectivity index (χ1v) is 3.33. The van der Waals surface area contributed by atoms with E-state index in [-0.39, 0.29) is 0 Å². The number of hydrogen-bond acceptors (Lipinski definition) is 0. The summed E-state index contributed by atoms with van der Waals surface area (Å²) in [6.07, 6.45) is 6.47. The Morgan fingerprint density at radius 1 is 1.12 bits per heavy atom. The van der Waals surface area contributed by atoms with Crippen LogP contribution in [0.25, 0.3) is 4.85 Å². The maximum absolute atomic E-state index is 5.13. The molecule has 1 heteroatoms. The van der Waals surface area contributed by atoms with Crippen LogP contribution in [-0.4, -0.2) is 6.04 Å². The van der Waals surface area contributed by atoms with Crippen molar-refractivity contribution in [3.8, 4) is 6.57 Å². The molecular weight excluding hydrogens is 98.1 g/mol. The van der Waals surface area contributed by atoms with Crippen LogP contribution in [0.2, 0.25) is 0 Å². The van der Waals surface area contributed by atoms with Crippen LogP contribution in [0, 0.1) is 6.57 Å². The van der Waals surface area contributed by atoms with Gasteiger partial charge in [-0.3, -0.25) is 0 Å². The fourth-order valence-electron chi connectivity index (χ4n) is 1.23. The largest absolute Gasteiger partial charge is 0.272 e. The molecule has 0 N–H and O–H groups in total. The highest BCUT2D eigenvalue weighted by molar-refractivity contribution is 4.84. The predicted molar refractivity (Wildman–Crippen MR) is 35.2 cm³/mol. The van der Waals surface area contributed by atoms with Crippen molar-refractivity contribution < 1.29 is 0 Å². The van der Waals surface area contributed by atoms with E-state index in [1.165, 1.54) is 32.1 Å². The predicted octanol–water partition coefficient (Wildman–Crippen LogP) is 2.28. The summed E-state index contributed by atoms with van der Waals surface area (Å²) in [5, 5.41) is 0. The zero-order valence-electron chi connectivity index (χ0n) is 5.14. The standard InChI is InChI=1S/C7H12N/c1-8-7-5-3-2-4-6-7/h1,7H,2-6H2/q+1. The first-order valence-electron chi connectivity index (χ1n) is 3.33. The van der Waals surface area contributed by atoms with Gasteiger partial charge in [0.05, 0.1) is 0 Å². The number of rotatable bonds is 0. The van der Waals surface area contributed by atoms with Gasteiger partial charge in [0.1, 0.15) is 0 Å². The molecule has 1 fully saturated rings. The van der Waals surface area contributed by atoms with Crippen molar-refractivity contribution in [3.05, 3.63) is 4.85 Å². The van der Waals surface area contributed by atoms with E-state index in [1.807, 2.05) is 0 Å². The van der Waals surface area contributed by atoms with Crippen LogP contribution in [0.4, 0.5) is 0 Å². The highest BCUT2D eigenvalue weighted by Crippen LogP contribution is 2.19. The fraction of sp³-hybridized carbons (Fsp3) is 0.857. The van der Waals surface area contributed by atoms with E-state index < -0.39 is 0 Å². The van der Waals surface area contributed by atoms with Crippen molar-refractivity contribution in [1.29, 1.82) is 0 Å². The summed E-state index contributed by atoms with van der Waals surface area (Å²) in [6, 6.07) is 0.490. The zero-order valence-corrected chi connectivity index (χ0v) is 5.14. The van der Waals surface area contributed by atoms with Crippen LogP contribution in [0.15, 0.2) is 0 Å². The van der Waals surface area contributed by atoms with Crippen LogP contribution in [0.5, 0.6) is 0 Å². The molecule has 0 heterocycles. The second kappa shape index (κ2) is 2.71. The van der Waals surface area contributed by atoms with Gasteiger partial charge in [0.15, 0.2) is 0 Å². The summed E-state index contributed by atoms with van der Waals surface area (Å²) in [7, 11) is 0. The van der Waals surface area contributed by atoms with Gasteiger partial charge < -0.3 is 0 Å². The Bertz CT molecular complexity index is 95.4. The molecule has 0 aromatic carbocycles. The molecule has 1 rings (SSSR count). The first-order chi connectivity index (χ1) is 3.93. The van der Waals surface area contributed by atoms with E-state index in [9.17, 15) is 0 Å². The Hall–Kier alpha value is -0.510. The average Bonchev–Trinajstić information content (AvgIpc) is 1.90. The molecule has 1 saturated carbocycles. The van der Waals surface area contributed by atoms with E-state index in [4.69, 9.17) is 6.57 Å².